The van der Waals surface area contributed by atoms with E-state index in [1.54, 1.807) is 13.2 Å². The van der Waals surface area contributed by atoms with Crippen LogP contribution in [0.4, 0.5) is 11.4 Å². The van der Waals surface area contributed by atoms with Crippen molar-refractivity contribution < 1.29 is 9.53 Å². The summed E-state index contributed by atoms with van der Waals surface area (Å²) in [5.41, 5.74) is 9.16. The van der Waals surface area contributed by atoms with Crippen LogP contribution in [-0.4, -0.2) is 55.1 Å². The Morgan fingerprint density at radius 2 is 1.95 bits per heavy atom. The van der Waals surface area contributed by atoms with Gasteiger partial charge in [-0.2, -0.15) is 5.26 Å². The molecule has 1 aromatic heterocycles. The second kappa shape index (κ2) is 11.1. The lowest BCUT2D eigenvalue weighted by molar-refractivity contribution is 0.0846. The topological polar surface area (TPSA) is 116 Å². The number of nitrogens with one attached hydrogen (secondary N) is 2. The zero-order valence-corrected chi connectivity index (χ0v) is 22.6. The van der Waals surface area contributed by atoms with Crippen molar-refractivity contribution in [2.45, 2.75) is 44.2 Å². The fourth-order valence-corrected chi connectivity index (χ4v) is 5.07. The molecule has 0 radical (unpaired) electrons. The van der Waals surface area contributed by atoms with Crippen molar-refractivity contribution in [1.82, 2.24) is 15.2 Å². The number of nitrogens with two attached hydrogens (primary N) is 1. The third-order valence-electron chi connectivity index (χ3n) is 7.48. The van der Waals surface area contributed by atoms with Crippen LogP contribution in [0.15, 0.2) is 54.6 Å². The number of anilines is 2. The maximum Gasteiger partial charge on any atom is 0.272 e. The summed E-state index contributed by atoms with van der Waals surface area (Å²) in [5.74, 6) is 0.401. The Bertz CT molecular complexity index is 1400. The van der Waals surface area contributed by atoms with Gasteiger partial charge in [0.2, 0.25) is 0 Å². The average Bonchev–Trinajstić information content (AvgIpc) is 2.91. The minimum absolute atomic E-state index is 0.230. The number of carbonyl (C=O) groups is 1. The number of nitriles is 1. The summed E-state index contributed by atoms with van der Waals surface area (Å²) in [7, 11) is 5.81. The number of methoxy groups -OCH3 is 1. The largest absolute Gasteiger partial charge is 0.495 e. The summed E-state index contributed by atoms with van der Waals surface area (Å²) >= 11 is 0. The van der Waals surface area contributed by atoms with Crippen LogP contribution in [0, 0.1) is 11.3 Å². The van der Waals surface area contributed by atoms with Crippen LogP contribution >= 0.6 is 0 Å². The van der Waals surface area contributed by atoms with Gasteiger partial charge in [-0.3, -0.25) is 4.79 Å². The number of nitrogens with zero attached hydrogens (tertiary/aromatic N) is 3. The summed E-state index contributed by atoms with van der Waals surface area (Å²) in [6.45, 7) is 6.16. The number of rotatable bonds is 8. The fraction of sp³-hybridized carbons (Fsp3) is 0.367. The maximum absolute atomic E-state index is 13.3. The van der Waals surface area contributed by atoms with Gasteiger partial charge in [-0.15, -0.1) is 0 Å². The van der Waals surface area contributed by atoms with E-state index in [4.69, 9.17) is 20.7 Å². The van der Waals surface area contributed by atoms with E-state index in [-0.39, 0.29) is 17.1 Å². The quantitative estimate of drug-likeness (QED) is 0.365. The van der Waals surface area contributed by atoms with Crippen LogP contribution in [0.2, 0.25) is 0 Å². The molecule has 0 spiro atoms. The first kappa shape index (κ1) is 27.0. The number of fused-ring (bicyclic) bond motifs is 1. The zero-order valence-electron chi connectivity index (χ0n) is 22.6. The van der Waals surface area contributed by atoms with Crippen LogP contribution in [0.3, 0.4) is 0 Å². The molecular weight excluding hydrogens is 476 g/mol. The third-order valence-corrected chi connectivity index (χ3v) is 7.48. The van der Waals surface area contributed by atoms with E-state index in [0.717, 1.165) is 47.7 Å². The molecule has 1 saturated carbocycles. The molecule has 0 saturated heterocycles. The molecule has 1 heterocycles. The highest BCUT2D eigenvalue weighted by atomic mass is 16.5. The van der Waals surface area contributed by atoms with Crippen LogP contribution in [0.5, 0.6) is 5.75 Å². The van der Waals surface area contributed by atoms with Crippen LogP contribution in [-0.2, 0) is 0 Å². The molecule has 1 aliphatic rings. The van der Waals surface area contributed by atoms with E-state index in [1.807, 2.05) is 36.4 Å². The maximum atomic E-state index is 13.3. The summed E-state index contributed by atoms with van der Waals surface area (Å²) in [6.07, 6.45) is 3.88. The van der Waals surface area contributed by atoms with E-state index in [9.17, 15) is 4.79 Å². The van der Waals surface area contributed by atoms with Gasteiger partial charge in [0.1, 0.15) is 5.75 Å². The first-order valence-electron chi connectivity index (χ1n) is 12.8. The molecule has 1 fully saturated rings. The highest BCUT2D eigenvalue weighted by Crippen LogP contribution is 2.36. The first-order valence-corrected chi connectivity index (χ1v) is 12.8. The second-order valence-corrected chi connectivity index (χ2v) is 10.5. The van der Waals surface area contributed by atoms with Crippen molar-refractivity contribution in [3.8, 4) is 23.1 Å². The van der Waals surface area contributed by atoms with Crippen LogP contribution in [0.25, 0.3) is 22.0 Å². The Kier molecular flexibility index (Phi) is 7.88. The lowest BCUT2D eigenvalue weighted by Crippen LogP contribution is -2.50. The number of aromatic nitrogens is 1. The molecule has 198 valence electrons. The molecule has 3 aromatic rings. The smallest absolute Gasteiger partial charge is 0.272 e. The number of hydrogen-bond acceptors (Lipinski definition) is 7. The normalized spacial score (nSPS) is 19.1. The highest BCUT2D eigenvalue weighted by Gasteiger charge is 2.34. The van der Waals surface area contributed by atoms with Gasteiger partial charge in [-0.25, -0.2) is 4.98 Å². The van der Waals surface area contributed by atoms with Crippen molar-refractivity contribution in [3.05, 3.63) is 60.3 Å². The fourth-order valence-electron chi connectivity index (χ4n) is 5.07. The zero-order chi connectivity index (χ0) is 27.4. The molecule has 1 aliphatic carbocycles. The van der Waals surface area contributed by atoms with E-state index in [0.29, 0.717) is 35.3 Å². The SMILES string of the molecule is C=C(C#N)CNc1c(OC)ccc2ccc(-c3ccc(N)c(C(=O)NC4(C)CCC(N(C)C)CC4)n3)cc12. The Balaban J connectivity index is 1.63. The molecule has 0 unspecified atom stereocenters. The summed E-state index contributed by atoms with van der Waals surface area (Å²) in [6, 6.07) is 16.0. The minimum Gasteiger partial charge on any atom is -0.495 e. The molecule has 0 aliphatic heterocycles. The van der Waals surface area contributed by atoms with Gasteiger partial charge >= 0.3 is 0 Å². The molecule has 0 bridgehead atoms. The van der Waals surface area contributed by atoms with Crippen molar-refractivity contribution in [3.63, 3.8) is 0 Å². The van der Waals surface area contributed by atoms with Crippen molar-refractivity contribution in [2.24, 2.45) is 0 Å². The van der Waals surface area contributed by atoms with Crippen molar-refractivity contribution >= 4 is 28.1 Å². The molecule has 0 atom stereocenters. The van der Waals surface area contributed by atoms with Gasteiger partial charge in [0, 0.05) is 34.6 Å². The Morgan fingerprint density at radius 3 is 2.61 bits per heavy atom. The van der Waals surface area contributed by atoms with E-state index in [1.165, 1.54) is 0 Å². The highest BCUT2D eigenvalue weighted by molar-refractivity contribution is 6.00. The number of hydrogen-bond donors (Lipinski definition) is 3. The molecule has 4 N–H and O–H groups in total. The van der Waals surface area contributed by atoms with E-state index < -0.39 is 0 Å². The third kappa shape index (κ3) is 5.74. The molecule has 8 heteroatoms. The Hall–Kier alpha value is -4.09. The minimum atomic E-state index is -0.290. The molecule has 8 nitrogen and oxygen atoms in total. The number of pyridine rings is 1. The summed E-state index contributed by atoms with van der Waals surface area (Å²) in [4.78, 5) is 20.3. The summed E-state index contributed by atoms with van der Waals surface area (Å²) in [5, 5.41) is 17.5. The van der Waals surface area contributed by atoms with Gasteiger partial charge in [0.25, 0.3) is 5.91 Å². The lowest BCUT2D eigenvalue weighted by Gasteiger charge is -2.40. The Morgan fingerprint density at radius 1 is 1.24 bits per heavy atom. The number of nitrogen functional groups attached to an aromatic ring is 1. The van der Waals surface area contributed by atoms with E-state index >= 15 is 0 Å². The predicted molar refractivity (Wildman–Crippen MR) is 153 cm³/mol. The van der Waals surface area contributed by atoms with Gasteiger partial charge in [-0.1, -0.05) is 24.8 Å². The molecule has 1 amide bonds. The lowest BCUT2D eigenvalue weighted by atomic mass is 9.80. The molecule has 38 heavy (non-hydrogen) atoms. The predicted octanol–water partition coefficient (Wildman–Crippen LogP) is 4.98. The van der Waals surface area contributed by atoms with Crippen LogP contribution in [0.1, 0.15) is 43.1 Å². The van der Waals surface area contributed by atoms with Crippen LogP contribution < -0.4 is 21.1 Å². The number of carbonyl (C=O) groups excluding carboxylic acids is 1. The standard InChI is InChI=1S/C30H36N6O2/c1-19(17-31)18-33-27-23-16-21(7-6-20(23)8-11-26(27)38-5)25-10-9-24(32)28(34-25)29(37)35-30(2)14-12-22(13-15-30)36(3)4/h6-11,16,22,33H,1,12-15,18,32H2,2-5H3,(H,35,37). The van der Waals surface area contributed by atoms with Gasteiger partial charge in [0.05, 0.1) is 30.2 Å². The number of benzene rings is 2. The number of ether oxygens (including phenoxy) is 1. The Labute approximate surface area is 224 Å². The van der Waals surface area contributed by atoms with Gasteiger partial charge in [0.15, 0.2) is 5.69 Å². The molecule has 4 rings (SSSR count). The number of amides is 1. The van der Waals surface area contributed by atoms with Crippen molar-refractivity contribution in [1.29, 1.82) is 5.26 Å². The monoisotopic (exact) mass is 512 g/mol. The average molecular weight is 513 g/mol. The van der Waals surface area contributed by atoms with Gasteiger partial charge in [-0.05, 0) is 76.4 Å². The second-order valence-electron chi connectivity index (χ2n) is 10.5. The summed E-state index contributed by atoms with van der Waals surface area (Å²) < 4.78 is 5.57. The van der Waals surface area contributed by atoms with Gasteiger partial charge < -0.3 is 26.0 Å². The van der Waals surface area contributed by atoms with Crippen molar-refractivity contribution in [2.75, 3.05) is 38.8 Å². The molecular formula is C30H36N6O2. The van der Waals surface area contributed by atoms with E-state index in [2.05, 4.69) is 49.2 Å². The first-order chi connectivity index (χ1) is 18.1. The molecule has 2 aromatic carbocycles.